The van der Waals surface area contributed by atoms with Crippen molar-refractivity contribution in [2.45, 2.75) is 33.4 Å². The van der Waals surface area contributed by atoms with Gasteiger partial charge in [-0.05, 0) is 62.7 Å². The Kier molecular flexibility index (Phi) is 6.36. The molecule has 1 aromatic heterocycles. The number of ether oxygens (including phenoxy) is 1. The van der Waals surface area contributed by atoms with Crippen molar-refractivity contribution in [1.82, 2.24) is 10.3 Å². The van der Waals surface area contributed by atoms with Crippen molar-refractivity contribution in [2.75, 3.05) is 0 Å². The molecule has 5 heteroatoms. The van der Waals surface area contributed by atoms with E-state index >= 15 is 0 Å². The third kappa shape index (κ3) is 5.06. The number of oxazole rings is 1. The lowest BCUT2D eigenvalue weighted by Gasteiger charge is -2.14. The molecule has 0 unspecified atom stereocenters. The van der Waals surface area contributed by atoms with Gasteiger partial charge in [-0.15, -0.1) is 0 Å². The molecule has 1 N–H and O–H groups in total. The molecule has 0 spiro atoms. The summed E-state index contributed by atoms with van der Waals surface area (Å²) in [5, 5.41) is 3.03. The molecular formula is C27H26N2O3. The summed E-state index contributed by atoms with van der Waals surface area (Å²) in [6.07, 6.45) is 0. The van der Waals surface area contributed by atoms with Crippen molar-refractivity contribution in [2.24, 2.45) is 0 Å². The fourth-order valence-corrected chi connectivity index (χ4v) is 3.34. The zero-order valence-corrected chi connectivity index (χ0v) is 18.5. The summed E-state index contributed by atoms with van der Waals surface area (Å²) in [6, 6.07) is 25.0. The second kappa shape index (κ2) is 9.52. The first-order chi connectivity index (χ1) is 15.5. The van der Waals surface area contributed by atoms with E-state index in [1.165, 1.54) is 5.56 Å². The molecule has 0 bridgehead atoms. The first-order valence-corrected chi connectivity index (χ1v) is 10.6. The molecule has 0 fully saturated rings. The molecule has 0 saturated carbocycles. The zero-order chi connectivity index (χ0) is 22.5. The highest BCUT2D eigenvalue weighted by Gasteiger charge is 2.14. The number of benzene rings is 3. The lowest BCUT2D eigenvalue weighted by molar-refractivity contribution is 0.0940. The quantitative estimate of drug-likeness (QED) is 0.392. The summed E-state index contributed by atoms with van der Waals surface area (Å²) in [5.74, 6) is 1.89. The number of carbonyl (C=O) groups is 1. The number of aryl methyl sites for hydroxylation is 2. The molecule has 1 heterocycles. The minimum atomic E-state index is -0.122. The smallest absolute Gasteiger partial charge is 0.251 e. The summed E-state index contributed by atoms with van der Waals surface area (Å²) in [5.41, 5.74) is 4.39. The van der Waals surface area contributed by atoms with Crippen LogP contribution in [0.4, 0.5) is 0 Å². The van der Waals surface area contributed by atoms with Gasteiger partial charge in [-0.2, -0.15) is 0 Å². The van der Waals surface area contributed by atoms with Gasteiger partial charge in [0.2, 0.25) is 5.89 Å². The molecule has 0 aliphatic carbocycles. The third-order valence-electron chi connectivity index (χ3n) is 5.33. The van der Waals surface area contributed by atoms with Gasteiger partial charge >= 0.3 is 0 Å². The molecule has 4 rings (SSSR count). The molecule has 1 amide bonds. The third-order valence-corrected chi connectivity index (χ3v) is 5.33. The first kappa shape index (κ1) is 21.4. The highest BCUT2D eigenvalue weighted by molar-refractivity contribution is 5.94. The Bertz CT molecular complexity index is 1180. The van der Waals surface area contributed by atoms with Crippen molar-refractivity contribution in [3.63, 3.8) is 0 Å². The molecule has 4 aromatic rings. The van der Waals surface area contributed by atoms with Crippen LogP contribution in [-0.4, -0.2) is 10.9 Å². The van der Waals surface area contributed by atoms with E-state index in [9.17, 15) is 4.79 Å². The maximum absolute atomic E-state index is 12.6. The fourth-order valence-electron chi connectivity index (χ4n) is 3.34. The Hall–Kier alpha value is -3.86. The van der Waals surface area contributed by atoms with Crippen LogP contribution in [0.2, 0.25) is 0 Å². The average Bonchev–Trinajstić information content (AvgIpc) is 3.19. The van der Waals surface area contributed by atoms with Gasteiger partial charge in [0.25, 0.3) is 5.91 Å². The molecular weight excluding hydrogens is 400 g/mol. The van der Waals surface area contributed by atoms with Gasteiger partial charge in [-0.1, -0.05) is 48.0 Å². The summed E-state index contributed by atoms with van der Waals surface area (Å²) in [4.78, 5) is 17.2. The molecule has 0 radical (unpaired) electrons. The SMILES string of the molecule is Cc1ccc(OCc2nc(-c3ccc(C(=O)N[C@@H](C)c4ccccc4)cc3)oc2C)cc1. The van der Waals surface area contributed by atoms with Gasteiger partial charge in [0.05, 0.1) is 6.04 Å². The standard InChI is InChI=1S/C27H26N2O3/c1-18-9-15-24(16-10-18)31-17-25-20(3)32-27(29-25)23-13-11-22(12-14-23)26(30)28-19(2)21-7-5-4-6-8-21/h4-16,19H,17H2,1-3H3,(H,28,30)/t19-/m0/s1. The molecule has 1 atom stereocenters. The normalized spacial score (nSPS) is 11.7. The van der Waals surface area contributed by atoms with Gasteiger partial charge in [0.1, 0.15) is 23.8 Å². The van der Waals surface area contributed by atoms with E-state index < -0.39 is 0 Å². The van der Waals surface area contributed by atoms with Crippen molar-refractivity contribution >= 4 is 5.91 Å². The van der Waals surface area contributed by atoms with E-state index in [4.69, 9.17) is 9.15 Å². The number of nitrogens with zero attached hydrogens (tertiary/aromatic N) is 1. The summed E-state index contributed by atoms with van der Waals surface area (Å²) < 4.78 is 11.7. The molecule has 162 valence electrons. The van der Waals surface area contributed by atoms with Gasteiger partial charge in [0.15, 0.2) is 0 Å². The Morgan fingerprint density at radius 2 is 1.66 bits per heavy atom. The van der Waals surface area contributed by atoms with Gasteiger partial charge in [0, 0.05) is 11.1 Å². The van der Waals surface area contributed by atoms with Gasteiger partial charge in [-0.3, -0.25) is 4.79 Å². The lowest BCUT2D eigenvalue weighted by Crippen LogP contribution is -2.26. The van der Waals surface area contributed by atoms with E-state index in [2.05, 4.69) is 10.3 Å². The van der Waals surface area contributed by atoms with E-state index in [0.717, 1.165) is 22.6 Å². The Morgan fingerprint density at radius 1 is 0.969 bits per heavy atom. The van der Waals surface area contributed by atoms with Crippen LogP contribution < -0.4 is 10.1 Å². The Balaban J connectivity index is 1.41. The van der Waals surface area contributed by atoms with Crippen LogP contribution in [0.15, 0.2) is 83.3 Å². The maximum atomic E-state index is 12.6. The zero-order valence-electron chi connectivity index (χ0n) is 18.5. The van der Waals surface area contributed by atoms with Crippen LogP contribution in [0.5, 0.6) is 5.75 Å². The van der Waals surface area contributed by atoms with Crippen LogP contribution in [0.3, 0.4) is 0 Å². The van der Waals surface area contributed by atoms with Crippen LogP contribution in [0.1, 0.15) is 45.9 Å². The number of hydrogen-bond acceptors (Lipinski definition) is 4. The van der Waals surface area contributed by atoms with Crippen LogP contribution in [0, 0.1) is 13.8 Å². The summed E-state index contributed by atoms with van der Waals surface area (Å²) >= 11 is 0. The largest absolute Gasteiger partial charge is 0.487 e. The minimum absolute atomic E-state index is 0.0751. The minimum Gasteiger partial charge on any atom is -0.487 e. The molecule has 32 heavy (non-hydrogen) atoms. The fraction of sp³-hybridized carbons (Fsp3) is 0.185. The van der Waals surface area contributed by atoms with Crippen LogP contribution >= 0.6 is 0 Å². The number of hydrogen-bond donors (Lipinski definition) is 1. The number of carbonyl (C=O) groups excluding carboxylic acids is 1. The lowest BCUT2D eigenvalue weighted by atomic mass is 10.1. The summed E-state index contributed by atoms with van der Waals surface area (Å²) in [7, 11) is 0. The number of nitrogens with one attached hydrogen (secondary N) is 1. The topological polar surface area (TPSA) is 64.4 Å². The highest BCUT2D eigenvalue weighted by atomic mass is 16.5. The molecule has 3 aromatic carbocycles. The Morgan fingerprint density at radius 3 is 2.34 bits per heavy atom. The average molecular weight is 427 g/mol. The molecule has 5 nitrogen and oxygen atoms in total. The maximum Gasteiger partial charge on any atom is 0.251 e. The predicted octanol–water partition coefficient (Wildman–Crippen LogP) is 6.03. The molecule has 0 aliphatic rings. The highest BCUT2D eigenvalue weighted by Crippen LogP contribution is 2.24. The van der Waals surface area contributed by atoms with Crippen molar-refractivity contribution in [3.8, 4) is 17.2 Å². The Labute approximate surface area is 188 Å². The number of amides is 1. The second-order valence-electron chi connectivity index (χ2n) is 7.81. The number of rotatable bonds is 7. The second-order valence-corrected chi connectivity index (χ2v) is 7.81. The van der Waals surface area contributed by atoms with Gasteiger partial charge < -0.3 is 14.5 Å². The predicted molar refractivity (Wildman–Crippen MR) is 125 cm³/mol. The van der Waals surface area contributed by atoms with E-state index in [1.54, 1.807) is 12.1 Å². The van der Waals surface area contributed by atoms with Gasteiger partial charge in [-0.25, -0.2) is 4.98 Å². The van der Waals surface area contributed by atoms with E-state index in [-0.39, 0.29) is 11.9 Å². The molecule has 0 aliphatic heterocycles. The molecule has 0 saturated heterocycles. The van der Waals surface area contributed by atoms with E-state index in [0.29, 0.717) is 23.8 Å². The summed E-state index contributed by atoms with van der Waals surface area (Å²) in [6.45, 7) is 6.21. The van der Waals surface area contributed by atoms with Crippen molar-refractivity contribution in [3.05, 3.63) is 107 Å². The van der Waals surface area contributed by atoms with E-state index in [1.807, 2.05) is 87.5 Å². The first-order valence-electron chi connectivity index (χ1n) is 10.6. The van der Waals surface area contributed by atoms with Crippen molar-refractivity contribution in [1.29, 1.82) is 0 Å². The van der Waals surface area contributed by atoms with Crippen molar-refractivity contribution < 1.29 is 13.9 Å². The van der Waals surface area contributed by atoms with Crippen LogP contribution in [0.25, 0.3) is 11.5 Å². The number of aromatic nitrogens is 1. The monoisotopic (exact) mass is 426 g/mol. The van der Waals surface area contributed by atoms with Crippen LogP contribution in [-0.2, 0) is 6.61 Å².